The number of hydrogen-bond donors (Lipinski definition) is 1. The maximum atomic E-state index is 12.9. The number of pyridine rings is 1. The van der Waals surface area contributed by atoms with Crippen LogP contribution in [0.25, 0.3) is 6.08 Å². The SMILES string of the molecule is Cc1nc(Nc2ncccc2C)cc([C@H]2CCCN2C(=O)/C=C/c2ccnn2C)n1. The lowest BCUT2D eigenvalue weighted by Gasteiger charge is -2.23. The van der Waals surface area contributed by atoms with Crippen LogP contribution < -0.4 is 5.32 Å². The first-order chi connectivity index (χ1) is 14.5. The number of aryl methyl sites for hydroxylation is 3. The first-order valence-electron chi connectivity index (χ1n) is 10.0. The topological polar surface area (TPSA) is 88.8 Å². The van der Waals surface area contributed by atoms with Gasteiger partial charge in [0.25, 0.3) is 0 Å². The maximum Gasteiger partial charge on any atom is 0.247 e. The summed E-state index contributed by atoms with van der Waals surface area (Å²) < 4.78 is 1.73. The van der Waals surface area contributed by atoms with E-state index in [0.717, 1.165) is 35.6 Å². The van der Waals surface area contributed by atoms with Crippen LogP contribution in [0, 0.1) is 13.8 Å². The molecule has 8 nitrogen and oxygen atoms in total. The molecule has 1 amide bonds. The third-order valence-electron chi connectivity index (χ3n) is 5.25. The smallest absolute Gasteiger partial charge is 0.247 e. The number of aromatic nitrogens is 5. The van der Waals surface area contributed by atoms with Crippen LogP contribution in [-0.2, 0) is 11.8 Å². The van der Waals surface area contributed by atoms with E-state index in [1.54, 1.807) is 29.2 Å². The van der Waals surface area contributed by atoms with Crippen LogP contribution in [-0.4, -0.2) is 42.1 Å². The second-order valence-electron chi connectivity index (χ2n) is 7.42. The van der Waals surface area contributed by atoms with Crippen LogP contribution in [0.3, 0.4) is 0 Å². The number of anilines is 2. The Balaban J connectivity index is 1.55. The first kappa shape index (κ1) is 19.8. The maximum absolute atomic E-state index is 12.9. The summed E-state index contributed by atoms with van der Waals surface area (Å²) in [4.78, 5) is 28.3. The molecular formula is C22H25N7O. The normalized spacial score (nSPS) is 16.4. The molecule has 0 bridgehead atoms. The zero-order valence-corrected chi connectivity index (χ0v) is 17.4. The lowest BCUT2D eigenvalue weighted by Crippen LogP contribution is -2.29. The summed E-state index contributed by atoms with van der Waals surface area (Å²) in [6, 6.07) is 7.62. The van der Waals surface area contributed by atoms with E-state index in [0.29, 0.717) is 18.2 Å². The van der Waals surface area contributed by atoms with E-state index in [1.165, 1.54) is 0 Å². The fraction of sp³-hybridized carbons (Fsp3) is 0.318. The van der Waals surface area contributed by atoms with Crippen molar-refractivity contribution >= 4 is 23.6 Å². The molecule has 1 fully saturated rings. The summed E-state index contributed by atoms with van der Waals surface area (Å²) in [5.41, 5.74) is 2.76. The van der Waals surface area contributed by atoms with Gasteiger partial charge in [-0.3, -0.25) is 9.48 Å². The lowest BCUT2D eigenvalue weighted by atomic mass is 10.1. The molecule has 1 saturated heterocycles. The average molecular weight is 403 g/mol. The van der Waals surface area contributed by atoms with Gasteiger partial charge in [-0.1, -0.05) is 6.07 Å². The van der Waals surface area contributed by atoms with E-state index in [4.69, 9.17) is 0 Å². The molecule has 1 atom stereocenters. The van der Waals surface area contributed by atoms with E-state index in [2.05, 4.69) is 25.4 Å². The molecule has 3 aromatic rings. The molecule has 1 aliphatic rings. The highest BCUT2D eigenvalue weighted by Gasteiger charge is 2.30. The fourth-order valence-electron chi connectivity index (χ4n) is 3.70. The highest BCUT2D eigenvalue weighted by molar-refractivity contribution is 5.92. The standard InChI is InChI=1S/C22H25N7O/c1-15-6-4-11-23-22(15)27-20-14-18(25-16(2)26-20)19-7-5-13-29(19)21(30)9-8-17-10-12-24-28(17)3/h4,6,8-12,14,19H,5,7,13H2,1-3H3,(H,23,25,26,27)/b9-8+/t19-/m1/s1. The first-order valence-corrected chi connectivity index (χ1v) is 10.0. The van der Waals surface area contributed by atoms with Crippen LogP contribution in [0.1, 0.15) is 41.7 Å². The summed E-state index contributed by atoms with van der Waals surface area (Å²) in [5.74, 6) is 2.09. The Morgan fingerprint density at radius 3 is 2.87 bits per heavy atom. The molecule has 30 heavy (non-hydrogen) atoms. The predicted molar refractivity (Wildman–Crippen MR) is 115 cm³/mol. The van der Waals surface area contributed by atoms with Crippen LogP contribution in [0.2, 0.25) is 0 Å². The summed E-state index contributed by atoms with van der Waals surface area (Å²) in [5, 5.41) is 7.41. The summed E-state index contributed by atoms with van der Waals surface area (Å²) >= 11 is 0. The molecule has 0 saturated carbocycles. The molecule has 8 heteroatoms. The van der Waals surface area contributed by atoms with Crippen molar-refractivity contribution in [3.8, 4) is 0 Å². The van der Waals surface area contributed by atoms with Crippen LogP contribution >= 0.6 is 0 Å². The van der Waals surface area contributed by atoms with Gasteiger partial charge in [-0.15, -0.1) is 0 Å². The van der Waals surface area contributed by atoms with Gasteiger partial charge in [0.1, 0.15) is 17.5 Å². The molecule has 4 heterocycles. The van der Waals surface area contributed by atoms with E-state index < -0.39 is 0 Å². The fourth-order valence-corrected chi connectivity index (χ4v) is 3.70. The van der Waals surface area contributed by atoms with Crippen LogP contribution in [0.15, 0.2) is 42.7 Å². The molecular weight excluding hydrogens is 378 g/mol. The van der Waals surface area contributed by atoms with Gasteiger partial charge in [-0.25, -0.2) is 15.0 Å². The Kier molecular flexibility index (Phi) is 5.56. The number of nitrogens with one attached hydrogen (secondary N) is 1. The molecule has 0 aliphatic carbocycles. The van der Waals surface area contributed by atoms with Crippen molar-refractivity contribution in [2.75, 3.05) is 11.9 Å². The number of hydrogen-bond acceptors (Lipinski definition) is 6. The largest absolute Gasteiger partial charge is 0.331 e. The summed E-state index contributed by atoms with van der Waals surface area (Å²) in [7, 11) is 1.85. The zero-order chi connectivity index (χ0) is 21.1. The van der Waals surface area contributed by atoms with Crippen molar-refractivity contribution < 1.29 is 4.79 Å². The monoisotopic (exact) mass is 403 g/mol. The van der Waals surface area contributed by atoms with Crippen LogP contribution in [0.5, 0.6) is 0 Å². The number of amides is 1. The number of nitrogens with zero attached hydrogens (tertiary/aromatic N) is 6. The summed E-state index contributed by atoms with van der Waals surface area (Å²) in [6.45, 7) is 4.57. The second kappa shape index (κ2) is 8.44. The third-order valence-corrected chi connectivity index (χ3v) is 5.25. The Hall–Kier alpha value is -3.55. The van der Waals surface area contributed by atoms with Crippen molar-refractivity contribution in [2.24, 2.45) is 7.05 Å². The molecule has 154 valence electrons. The minimum Gasteiger partial charge on any atom is -0.331 e. The lowest BCUT2D eigenvalue weighted by molar-refractivity contribution is -0.126. The highest BCUT2D eigenvalue weighted by atomic mass is 16.2. The van der Waals surface area contributed by atoms with E-state index in [9.17, 15) is 4.79 Å². The third kappa shape index (κ3) is 4.22. The van der Waals surface area contributed by atoms with E-state index >= 15 is 0 Å². The van der Waals surface area contributed by atoms with Gasteiger partial charge >= 0.3 is 0 Å². The van der Waals surface area contributed by atoms with Crippen molar-refractivity contribution in [3.63, 3.8) is 0 Å². The van der Waals surface area contributed by atoms with Crippen molar-refractivity contribution in [1.29, 1.82) is 0 Å². The average Bonchev–Trinajstić information content (AvgIpc) is 3.37. The van der Waals surface area contributed by atoms with Gasteiger partial charge in [0.15, 0.2) is 0 Å². The zero-order valence-electron chi connectivity index (χ0n) is 17.4. The van der Waals surface area contributed by atoms with Crippen LogP contribution in [0.4, 0.5) is 11.6 Å². The second-order valence-corrected chi connectivity index (χ2v) is 7.42. The van der Waals surface area contributed by atoms with E-state index in [1.807, 2.05) is 50.1 Å². The van der Waals surface area contributed by atoms with Gasteiger partial charge in [-0.05, 0) is 50.5 Å². The minimum absolute atomic E-state index is 0.0231. The predicted octanol–water partition coefficient (Wildman–Crippen LogP) is 3.34. The highest BCUT2D eigenvalue weighted by Crippen LogP contribution is 2.32. The Labute approximate surface area is 175 Å². The molecule has 1 aliphatic heterocycles. The number of carbonyl (C=O) groups excluding carboxylic acids is 1. The number of carbonyl (C=O) groups is 1. The Bertz CT molecular complexity index is 1090. The molecule has 3 aromatic heterocycles. The van der Waals surface area contributed by atoms with Crippen molar-refractivity contribution in [2.45, 2.75) is 32.7 Å². The van der Waals surface area contributed by atoms with Crippen molar-refractivity contribution in [3.05, 3.63) is 65.5 Å². The van der Waals surface area contributed by atoms with Gasteiger partial charge < -0.3 is 10.2 Å². The van der Waals surface area contributed by atoms with Gasteiger partial charge in [0.2, 0.25) is 5.91 Å². The van der Waals surface area contributed by atoms with Crippen molar-refractivity contribution in [1.82, 2.24) is 29.6 Å². The Morgan fingerprint density at radius 1 is 1.23 bits per heavy atom. The molecule has 1 N–H and O–H groups in total. The molecule has 0 aromatic carbocycles. The number of likely N-dealkylation sites (tertiary alicyclic amines) is 1. The molecule has 0 unspecified atom stereocenters. The summed E-state index contributed by atoms with van der Waals surface area (Å²) in [6.07, 6.45) is 8.69. The van der Waals surface area contributed by atoms with Gasteiger partial charge in [0.05, 0.1) is 17.4 Å². The molecule has 4 rings (SSSR count). The van der Waals surface area contributed by atoms with Gasteiger partial charge in [-0.2, -0.15) is 5.10 Å². The minimum atomic E-state index is -0.0687. The van der Waals surface area contributed by atoms with Gasteiger partial charge in [0, 0.05) is 38.1 Å². The molecule has 0 radical (unpaired) electrons. The molecule has 0 spiro atoms. The van der Waals surface area contributed by atoms with E-state index in [-0.39, 0.29) is 11.9 Å². The Morgan fingerprint density at radius 2 is 2.10 bits per heavy atom. The quantitative estimate of drug-likeness (QED) is 0.657. The number of rotatable bonds is 5.